The maximum Gasteiger partial charge on any atom is 0.435 e. The Bertz CT molecular complexity index is 1410. The number of halogens is 6. The summed E-state index contributed by atoms with van der Waals surface area (Å²) < 4.78 is 105. The zero-order valence-corrected chi connectivity index (χ0v) is 18.7. The highest BCUT2D eigenvalue weighted by Crippen LogP contribution is 2.36. The lowest BCUT2D eigenvalue weighted by atomic mass is 10.1. The number of hydrogen-bond acceptors (Lipinski definition) is 5. The zero-order valence-electron chi connectivity index (χ0n) is 17.9. The minimum atomic E-state index is -4.72. The van der Waals surface area contributed by atoms with Crippen molar-refractivity contribution in [2.45, 2.75) is 30.6 Å². The first-order valence-electron chi connectivity index (χ1n) is 10.1. The van der Waals surface area contributed by atoms with E-state index >= 15 is 0 Å². The van der Waals surface area contributed by atoms with Crippen molar-refractivity contribution in [3.63, 3.8) is 0 Å². The molecule has 0 saturated carbocycles. The maximum atomic E-state index is 13.3. The number of alkyl halides is 6. The van der Waals surface area contributed by atoms with E-state index in [0.29, 0.717) is 12.3 Å². The number of carbonyl (C=O) groups is 1. The molecule has 1 aliphatic heterocycles. The van der Waals surface area contributed by atoms with Gasteiger partial charge in [0.15, 0.2) is 15.5 Å². The molecule has 0 radical (unpaired) electrons. The van der Waals surface area contributed by atoms with Crippen LogP contribution in [0.4, 0.5) is 32.0 Å². The third-order valence-corrected chi connectivity index (χ3v) is 7.21. The monoisotopic (exact) mass is 518 g/mol. The average Bonchev–Trinajstić information content (AvgIpc) is 3.45. The molecule has 3 aromatic rings. The summed E-state index contributed by atoms with van der Waals surface area (Å²) in [4.78, 5) is 17.6. The van der Waals surface area contributed by atoms with E-state index in [1.165, 1.54) is 13.0 Å². The van der Waals surface area contributed by atoms with Crippen LogP contribution in [0.2, 0.25) is 0 Å². The highest BCUT2D eigenvalue weighted by molar-refractivity contribution is 7.91. The van der Waals surface area contributed by atoms with Crippen LogP contribution in [0.25, 0.3) is 5.69 Å². The fourth-order valence-electron chi connectivity index (χ4n) is 3.62. The Labute approximate surface area is 194 Å². The molecular formula is C21H16F6N4O3S. The van der Waals surface area contributed by atoms with Crippen LogP contribution in [0, 0.1) is 0 Å². The van der Waals surface area contributed by atoms with Gasteiger partial charge in [0, 0.05) is 25.4 Å². The molecule has 3 heterocycles. The summed E-state index contributed by atoms with van der Waals surface area (Å²) in [6.45, 7) is 1.29. The summed E-state index contributed by atoms with van der Waals surface area (Å²) in [7, 11) is -4.07. The van der Waals surface area contributed by atoms with E-state index in [0.717, 1.165) is 34.0 Å². The van der Waals surface area contributed by atoms with E-state index in [-0.39, 0.29) is 35.6 Å². The highest BCUT2D eigenvalue weighted by atomic mass is 32.2. The molecule has 0 N–H and O–H groups in total. The van der Waals surface area contributed by atoms with E-state index in [9.17, 15) is 39.6 Å². The molecule has 1 aromatic carbocycles. The van der Waals surface area contributed by atoms with Crippen LogP contribution in [-0.2, 0) is 28.6 Å². The predicted octanol–water partition coefficient (Wildman–Crippen LogP) is 4.30. The number of rotatable bonds is 4. The summed E-state index contributed by atoms with van der Waals surface area (Å²) in [5.74, 6) is -1.31. The number of pyridine rings is 1. The SMILES string of the molecule is CCS(=O)(=O)c1cc(-n2ccc(C(F)(F)F)n2)ccc1C(=O)N1CCc2ncc(C(F)(F)F)cc21. The van der Waals surface area contributed by atoms with E-state index in [1.807, 2.05) is 0 Å². The molecule has 0 bridgehead atoms. The smallest absolute Gasteiger partial charge is 0.306 e. The number of hydrogen-bond donors (Lipinski definition) is 0. The van der Waals surface area contributed by atoms with Crippen LogP contribution in [0.15, 0.2) is 47.6 Å². The number of nitrogens with zero attached hydrogens (tertiary/aromatic N) is 4. The third-order valence-electron chi connectivity index (χ3n) is 5.44. The third kappa shape index (κ3) is 4.61. The Balaban J connectivity index is 1.79. The van der Waals surface area contributed by atoms with Gasteiger partial charge in [0.1, 0.15) is 0 Å². The van der Waals surface area contributed by atoms with Crippen LogP contribution >= 0.6 is 0 Å². The fraction of sp³-hybridized carbons (Fsp3) is 0.286. The lowest BCUT2D eigenvalue weighted by Gasteiger charge is -2.20. The second-order valence-electron chi connectivity index (χ2n) is 7.62. The van der Waals surface area contributed by atoms with Gasteiger partial charge in [-0.1, -0.05) is 6.92 Å². The van der Waals surface area contributed by atoms with Gasteiger partial charge < -0.3 is 4.90 Å². The Morgan fingerprint density at radius 1 is 1.06 bits per heavy atom. The van der Waals surface area contributed by atoms with Crippen molar-refractivity contribution in [1.29, 1.82) is 0 Å². The Morgan fingerprint density at radius 3 is 2.37 bits per heavy atom. The molecule has 1 aliphatic rings. The quantitative estimate of drug-likeness (QED) is 0.481. The normalized spacial score (nSPS) is 14.3. The molecule has 2 aromatic heterocycles. The number of anilines is 1. The maximum absolute atomic E-state index is 13.3. The first-order chi connectivity index (χ1) is 16.2. The summed E-state index contributed by atoms with van der Waals surface area (Å²) in [6, 6.07) is 4.81. The predicted molar refractivity (Wildman–Crippen MR) is 111 cm³/mol. The zero-order chi connectivity index (χ0) is 25.8. The van der Waals surface area contributed by atoms with Crippen molar-refractivity contribution in [2.24, 2.45) is 0 Å². The molecule has 0 saturated heterocycles. The van der Waals surface area contributed by atoms with Gasteiger partial charge >= 0.3 is 12.4 Å². The summed E-state index contributed by atoms with van der Waals surface area (Å²) in [5, 5.41) is 3.40. The molecular weight excluding hydrogens is 502 g/mol. The molecule has 0 atom stereocenters. The van der Waals surface area contributed by atoms with Crippen LogP contribution in [0.5, 0.6) is 0 Å². The second-order valence-corrected chi connectivity index (χ2v) is 9.87. The lowest BCUT2D eigenvalue weighted by molar-refractivity contribution is -0.141. The van der Waals surface area contributed by atoms with Gasteiger partial charge in [0.2, 0.25) is 0 Å². The van der Waals surface area contributed by atoms with Crippen molar-refractivity contribution in [3.05, 3.63) is 65.2 Å². The number of carbonyl (C=O) groups excluding carboxylic acids is 1. The Hall–Kier alpha value is -3.42. The molecule has 186 valence electrons. The van der Waals surface area contributed by atoms with Gasteiger partial charge in [-0.2, -0.15) is 31.4 Å². The molecule has 0 unspecified atom stereocenters. The Morgan fingerprint density at radius 2 is 1.77 bits per heavy atom. The van der Waals surface area contributed by atoms with Crippen LogP contribution in [-0.4, -0.2) is 41.4 Å². The minimum Gasteiger partial charge on any atom is -0.306 e. The van der Waals surface area contributed by atoms with Crippen LogP contribution in [0.1, 0.15) is 34.2 Å². The average molecular weight is 518 g/mol. The molecule has 35 heavy (non-hydrogen) atoms. The van der Waals surface area contributed by atoms with Crippen molar-refractivity contribution in [1.82, 2.24) is 14.8 Å². The van der Waals surface area contributed by atoms with E-state index in [2.05, 4.69) is 10.1 Å². The van der Waals surface area contributed by atoms with Gasteiger partial charge in [-0.3, -0.25) is 9.78 Å². The number of aromatic nitrogens is 3. The fourth-order valence-corrected chi connectivity index (χ4v) is 4.72. The first-order valence-corrected chi connectivity index (χ1v) is 11.8. The van der Waals surface area contributed by atoms with Gasteiger partial charge in [-0.15, -0.1) is 0 Å². The molecule has 0 fully saturated rings. The van der Waals surface area contributed by atoms with E-state index in [1.54, 1.807) is 0 Å². The van der Waals surface area contributed by atoms with Gasteiger partial charge in [-0.05, 0) is 30.3 Å². The number of fused-ring (bicyclic) bond motifs is 1. The molecule has 0 spiro atoms. The van der Waals surface area contributed by atoms with Crippen molar-refractivity contribution in [2.75, 3.05) is 17.2 Å². The largest absolute Gasteiger partial charge is 0.435 e. The standard InChI is InChI=1S/C21H16F6N4O3S/c1-2-35(33,34)17-10-13(31-8-6-18(29-31)21(25,26)27)3-4-14(17)19(32)30-7-5-15-16(30)9-12(11-28-15)20(22,23)24/h3-4,6,8-11H,2,5,7H2,1H3. The summed E-state index contributed by atoms with van der Waals surface area (Å²) >= 11 is 0. The van der Waals surface area contributed by atoms with Crippen molar-refractivity contribution in [3.8, 4) is 5.69 Å². The second kappa shape index (κ2) is 8.36. The number of sulfone groups is 1. The lowest BCUT2D eigenvalue weighted by Crippen LogP contribution is -2.30. The summed E-state index contributed by atoms with van der Waals surface area (Å²) in [6.07, 6.45) is -7.60. The minimum absolute atomic E-state index is 0.0239. The van der Waals surface area contributed by atoms with E-state index in [4.69, 9.17) is 0 Å². The Kier molecular flexibility index (Phi) is 5.90. The number of amides is 1. The first kappa shape index (κ1) is 24.7. The van der Waals surface area contributed by atoms with Crippen LogP contribution in [0.3, 0.4) is 0 Å². The number of benzene rings is 1. The molecule has 0 aliphatic carbocycles. The molecule has 1 amide bonds. The highest BCUT2D eigenvalue weighted by Gasteiger charge is 2.36. The van der Waals surface area contributed by atoms with Gasteiger partial charge in [-0.25, -0.2) is 13.1 Å². The molecule has 4 rings (SSSR count). The van der Waals surface area contributed by atoms with Gasteiger partial charge in [0.25, 0.3) is 5.91 Å². The van der Waals surface area contributed by atoms with Crippen molar-refractivity contribution >= 4 is 21.4 Å². The summed E-state index contributed by atoms with van der Waals surface area (Å²) in [5.41, 5.74) is -2.48. The van der Waals surface area contributed by atoms with Crippen LogP contribution < -0.4 is 4.90 Å². The van der Waals surface area contributed by atoms with Gasteiger partial charge in [0.05, 0.1) is 38.8 Å². The van der Waals surface area contributed by atoms with E-state index < -0.39 is 50.0 Å². The van der Waals surface area contributed by atoms with Crippen molar-refractivity contribution < 1.29 is 39.6 Å². The topological polar surface area (TPSA) is 85.2 Å². The molecule has 7 nitrogen and oxygen atoms in total. The molecule has 14 heteroatoms.